The molecule has 0 N–H and O–H groups in total. The quantitative estimate of drug-likeness (QED) is 0.529. The highest BCUT2D eigenvalue weighted by Crippen LogP contribution is 2.34. The van der Waals surface area contributed by atoms with Crippen LogP contribution in [0.25, 0.3) is 11.3 Å². The fourth-order valence-corrected chi connectivity index (χ4v) is 6.91. The first kappa shape index (κ1) is 20.4. The minimum atomic E-state index is -3.42. The van der Waals surface area contributed by atoms with Crippen molar-refractivity contribution in [1.29, 1.82) is 0 Å². The fourth-order valence-electron chi connectivity index (χ4n) is 3.77. The van der Waals surface area contributed by atoms with Crippen molar-refractivity contribution in [3.63, 3.8) is 0 Å². The van der Waals surface area contributed by atoms with Crippen molar-refractivity contribution in [1.82, 2.24) is 4.98 Å². The summed E-state index contributed by atoms with van der Waals surface area (Å²) in [5.74, 6) is 0. The van der Waals surface area contributed by atoms with Crippen LogP contribution in [0, 0.1) is 13.8 Å². The Balaban J connectivity index is 1.49. The maximum Gasteiger partial charge on any atom is 0.185 e. The molecule has 4 nitrogen and oxygen atoms in total. The monoisotopic (exact) mass is 446 g/mol. The normalized spacial score (nSPS) is 15.6. The van der Waals surface area contributed by atoms with E-state index in [1.807, 2.05) is 0 Å². The lowest BCUT2D eigenvalue weighted by Crippen LogP contribution is -2.39. The second-order valence-corrected chi connectivity index (χ2v) is 10.9. The summed E-state index contributed by atoms with van der Waals surface area (Å²) in [6.45, 7) is 5.58. The molecule has 3 aromatic rings. The van der Waals surface area contributed by atoms with E-state index in [-0.39, 0.29) is 4.90 Å². The molecule has 1 saturated heterocycles. The maximum atomic E-state index is 13.0. The highest BCUT2D eigenvalue weighted by molar-refractivity contribution is 7.92. The van der Waals surface area contributed by atoms with Crippen LogP contribution >= 0.6 is 22.9 Å². The Morgan fingerprint density at radius 3 is 2.52 bits per heavy atom. The first-order valence-electron chi connectivity index (χ1n) is 9.63. The van der Waals surface area contributed by atoms with Crippen molar-refractivity contribution in [3.8, 4) is 11.3 Å². The molecule has 7 heteroatoms. The lowest BCUT2D eigenvalue weighted by molar-refractivity contribution is 0.529. The molecule has 4 rings (SSSR count). The van der Waals surface area contributed by atoms with Gasteiger partial charge in [0, 0.05) is 24.0 Å². The van der Waals surface area contributed by atoms with E-state index in [0.717, 1.165) is 16.4 Å². The molecule has 2 heterocycles. The van der Waals surface area contributed by atoms with E-state index in [0.29, 0.717) is 31.0 Å². The largest absolute Gasteiger partial charge is 0.348 e. The summed E-state index contributed by atoms with van der Waals surface area (Å²) in [4.78, 5) is 7.27. The van der Waals surface area contributed by atoms with Crippen LogP contribution in [-0.4, -0.2) is 31.7 Å². The molecular weight excluding hydrogens is 424 g/mol. The first-order chi connectivity index (χ1) is 13.9. The lowest BCUT2D eigenvalue weighted by Gasteiger charge is -2.31. The summed E-state index contributed by atoms with van der Waals surface area (Å²) < 4.78 is 26.0. The van der Waals surface area contributed by atoms with Gasteiger partial charge in [0.15, 0.2) is 15.0 Å². The average Bonchev–Trinajstić information content (AvgIpc) is 3.20. The van der Waals surface area contributed by atoms with Crippen LogP contribution in [0.5, 0.6) is 0 Å². The van der Waals surface area contributed by atoms with E-state index in [1.54, 1.807) is 35.6 Å². The number of nitrogens with zero attached hydrogens (tertiary/aromatic N) is 2. The van der Waals surface area contributed by atoms with E-state index in [9.17, 15) is 8.42 Å². The minimum absolute atomic E-state index is 0.242. The molecule has 0 saturated carbocycles. The highest BCUT2D eigenvalue weighted by atomic mass is 35.5. The van der Waals surface area contributed by atoms with Gasteiger partial charge >= 0.3 is 0 Å². The van der Waals surface area contributed by atoms with Gasteiger partial charge in [-0.1, -0.05) is 41.9 Å². The van der Waals surface area contributed by atoms with Crippen molar-refractivity contribution < 1.29 is 8.42 Å². The van der Waals surface area contributed by atoms with Crippen LogP contribution in [-0.2, 0) is 9.84 Å². The van der Waals surface area contributed by atoms with Crippen LogP contribution in [0.3, 0.4) is 0 Å². The van der Waals surface area contributed by atoms with Crippen molar-refractivity contribution in [3.05, 3.63) is 64.0 Å². The summed E-state index contributed by atoms with van der Waals surface area (Å²) in [7, 11) is -3.42. The molecule has 2 aromatic carbocycles. The molecule has 0 spiro atoms. The molecule has 0 atom stereocenters. The molecule has 29 heavy (non-hydrogen) atoms. The Labute approximate surface area is 181 Å². The van der Waals surface area contributed by atoms with Crippen molar-refractivity contribution >= 4 is 37.9 Å². The number of hydrogen-bond donors (Lipinski definition) is 0. The molecule has 0 unspecified atom stereocenters. The minimum Gasteiger partial charge on any atom is -0.348 e. The Morgan fingerprint density at radius 1 is 1.07 bits per heavy atom. The molecule has 1 aliphatic heterocycles. The topological polar surface area (TPSA) is 50.3 Å². The van der Waals surface area contributed by atoms with Gasteiger partial charge in [0.25, 0.3) is 0 Å². The van der Waals surface area contributed by atoms with Gasteiger partial charge in [0.2, 0.25) is 0 Å². The Hall–Kier alpha value is -1.89. The fraction of sp³-hybridized carbons (Fsp3) is 0.318. The summed E-state index contributed by atoms with van der Waals surface area (Å²) in [6.07, 6.45) is 1.15. The van der Waals surface area contributed by atoms with E-state index in [1.165, 1.54) is 11.1 Å². The van der Waals surface area contributed by atoms with Gasteiger partial charge in [-0.15, -0.1) is 11.3 Å². The lowest BCUT2D eigenvalue weighted by atomic mass is 10.0. The SMILES string of the molecule is Cc1cccc(-c2csc(N3CCC(S(=O)(=O)c4ccccc4Cl)CC3)n2)c1C. The molecule has 1 aromatic heterocycles. The van der Waals surface area contributed by atoms with Gasteiger partial charge in [-0.25, -0.2) is 13.4 Å². The summed E-state index contributed by atoms with van der Waals surface area (Å²) in [5.41, 5.74) is 4.64. The number of rotatable bonds is 4. The van der Waals surface area contributed by atoms with Crippen molar-refractivity contribution in [2.24, 2.45) is 0 Å². The summed E-state index contributed by atoms with van der Waals surface area (Å²) in [5, 5.41) is 2.93. The van der Waals surface area contributed by atoms with Crippen molar-refractivity contribution in [2.45, 2.75) is 36.8 Å². The summed E-state index contributed by atoms with van der Waals surface area (Å²) in [6, 6.07) is 13.0. The third-order valence-corrected chi connectivity index (χ3v) is 9.33. The third-order valence-electron chi connectivity index (χ3n) is 5.67. The second-order valence-electron chi connectivity index (χ2n) is 7.42. The number of thiazole rings is 1. The molecule has 1 fully saturated rings. The predicted octanol–water partition coefficient (Wildman–Crippen LogP) is 5.52. The third kappa shape index (κ3) is 3.93. The zero-order valence-corrected chi connectivity index (χ0v) is 18.8. The van der Waals surface area contributed by atoms with Crippen molar-refractivity contribution in [2.75, 3.05) is 18.0 Å². The first-order valence-corrected chi connectivity index (χ1v) is 12.4. The number of benzene rings is 2. The predicted molar refractivity (Wildman–Crippen MR) is 121 cm³/mol. The Kier molecular flexibility index (Phi) is 5.69. The van der Waals surface area contributed by atoms with Gasteiger partial charge in [-0.3, -0.25) is 0 Å². The summed E-state index contributed by atoms with van der Waals surface area (Å²) >= 11 is 7.76. The van der Waals surface area contributed by atoms with E-state index < -0.39 is 15.1 Å². The van der Waals surface area contributed by atoms with Crippen LogP contribution in [0.1, 0.15) is 24.0 Å². The van der Waals surface area contributed by atoms with E-state index in [4.69, 9.17) is 16.6 Å². The smallest absolute Gasteiger partial charge is 0.185 e. The molecule has 0 radical (unpaired) electrons. The number of aromatic nitrogens is 1. The Bertz CT molecular complexity index is 1130. The van der Waals surface area contributed by atoms with E-state index >= 15 is 0 Å². The molecule has 0 bridgehead atoms. The number of anilines is 1. The molecule has 0 amide bonds. The molecule has 1 aliphatic rings. The van der Waals surface area contributed by atoms with Gasteiger partial charge in [-0.2, -0.15) is 0 Å². The molecule has 152 valence electrons. The van der Waals surface area contributed by atoms with Gasteiger partial charge < -0.3 is 4.90 Å². The van der Waals surface area contributed by atoms with E-state index in [2.05, 4.69) is 42.3 Å². The average molecular weight is 447 g/mol. The maximum absolute atomic E-state index is 13.0. The van der Waals surface area contributed by atoms with Gasteiger partial charge in [-0.05, 0) is 49.9 Å². The van der Waals surface area contributed by atoms with Gasteiger partial charge in [0.05, 0.1) is 20.9 Å². The molecule has 0 aliphatic carbocycles. The number of sulfone groups is 1. The number of hydrogen-bond acceptors (Lipinski definition) is 5. The van der Waals surface area contributed by atoms with Crippen LogP contribution < -0.4 is 4.90 Å². The van der Waals surface area contributed by atoms with Crippen LogP contribution in [0.15, 0.2) is 52.7 Å². The van der Waals surface area contributed by atoms with Gasteiger partial charge in [0.1, 0.15) is 0 Å². The van der Waals surface area contributed by atoms with Crippen LogP contribution in [0.4, 0.5) is 5.13 Å². The number of halogens is 1. The number of aryl methyl sites for hydroxylation is 1. The molecular formula is C22H23ClN2O2S2. The highest BCUT2D eigenvalue weighted by Gasteiger charge is 2.33. The number of piperidine rings is 1. The second kappa shape index (κ2) is 8.09. The Morgan fingerprint density at radius 2 is 1.79 bits per heavy atom. The zero-order valence-electron chi connectivity index (χ0n) is 16.4. The standard InChI is InChI=1S/C22H23ClN2O2S2/c1-15-6-5-7-18(16(15)2)20-14-28-22(24-20)25-12-10-17(11-13-25)29(26,27)21-9-4-3-8-19(21)23/h3-9,14,17H,10-13H2,1-2H3. The zero-order chi connectivity index (χ0) is 20.6. The van der Waals surface area contributed by atoms with Crippen LogP contribution in [0.2, 0.25) is 5.02 Å².